The molecule has 0 aliphatic heterocycles. The number of halogens is 3. The summed E-state index contributed by atoms with van der Waals surface area (Å²) in [5, 5.41) is 4.31. The van der Waals surface area contributed by atoms with E-state index in [1.54, 1.807) is 6.07 Å². The third-order valence-corrected chi connectivity index (χ3v) is 3.59. The third kappa shape index (κ3) is 3.73. The van der Waals surface area contributed by atoms with E-state index in [9.17, 15) is 8.78 Å². The Balaban J connectivity index is 2.08. The van der Waals surface area contributed by atoms with Gasteiger partial charge in [0.1, 0.15) is 6.61 Å². The molecule has 0 N–H and O–H groups in total. The van der Waals surface area contributed by atoms with Crippen LogP contribution in [0.2, 0.25) is 0 Å². The monoisotopic (exact) mass is 314 g/mol. The predicted octanol–water partition coefficient (Wildman–Crippen LogP) is 4.45. The van der Waals surface area contributed by atoms with Gasteiger partial charge in [-0.15, -0.1) is 11.6 Å². The number of benzene rings is 1. The van der Waals surface area contributed by atoms with Crippen LogP contribution in [0.3, 0.4) is 0 Å². The van der Waals surface area contributed by atoms with E-state index in [4.69, 9.17) is 16.3 Å². The molecule has 1 heterocycles. The molecule has 0 bridgehead atoms. The van der Waals surface area contributed by atoms with Crippen LogP contribution in [0.5, 0.6) is 5.75 Å². The molecular weight excluding hydrogens is 298 g/mol. The average molecular weight is 315 g/mol. The van der Waals surface area contributed by atoms with E-state index >= 15 is 0 Å². The topological polar surface area (TPSA) is 27.1 Å². The zero-order valence-electron chi connectivity index (χ0n) is 11.9. The van der Waals surface area contributed by atoms with Gasteiger partial charge in [0.2, 0.25) is 0 Å². The highest BCUT2D eigenvalue weighted by Crippen LogP contribution is 2.25. The molecule has 0 radical (unpaired) electrons. The van der Waals surface area contributed by atoms with E-state index in [2.05, 4.69) is 12.0 Å². The van der Waals surface area contributed by atoms with Crippen molar-refractivity contribution >= 4 is 11.6 Å². The summed E-state index contributed by atoms with van der Waals surface area (Å²) in [5.41, 5.74) is 0.996. The van der Waals surface area contributed by atoms with Crippen molar-refractivity contribution < 1.29 is 13.5 Å². The lowest BCUT2D eigenvalue weighted by Crippen LogP contribution is -2.06. The van der Waals surface area contributed by atoms with Crippen LogP contribution in [0, 0.1) is 11.6 Å². The number of rotatable bonds is 6. The summed E-state index contributed by atoms with van der Waals surface area (Å²) in [5.74, 6) is -1.87. The lowest BCUT2D eigenvalue weighted by atomic mass is 10.2. The molecule has 6 heteroatoms. The smallest absolute Gasteiger partial charge is 0.191 e. The van der Waals surface area contributed by atoms with Crippen LogP contribution in [-0.2, 0) is 12.5 Å². The maximum atomic E-state index is 13.7. The van der Waals surface area contributed by atoms with E-state index in [1.807, 2.05) is 17.8 Å². The van der Waals surface area contributed by atoms with Crippen LogP contribution in [-0.4, -0.2) is 9.78 Å². The first-order valence-electron chi connectivity index (χ1n) is 6.75. The molecule has 1 aromatic carbocycles. The van der Waals surface area contributed by atoms with Gasteiger partial charge in [0.25, 0.3) is 0 Å². The summed E-state index contributed by atoms with van der Waals surface area (Å²) in [4.78, 5) is 0. The molecule has 1 unspecified atom stereocenters. The van der Waals surface area contributed by atoms with Gasteiger partial charge in [0.15, 0.2) is 17.4 Å². The molecular formula is C15H17ClF2N2O. The number of aromatic nitrogens is 2. The van der Waals surface area contributed by atoms with Gasteiger partial charge in [0.05, 0.1) is 5.69 Å². The van der Waals surface area contributed by atoms with Gasteiger partial charge in [-0.3, -0.25) is 4.68 Å². The van der Waals surface area contributed by atoms with E-state index in [-0.39, 0.29) is 18.5 Å². The van der Waals surface area contributed by atoms with Crippen molar-refractivity contribution in [3.8, 4) is 5.75 Å². The fraction of sp³-hybridized carbons (Fsp3) is 0.400. The van der Waals surface area contributed by atoms with E-state index in [0.717, 1.165) is 6.42 Å². The van der Waals surface area contributed by atoms with Crippen LogP contribution in [0.4, 0.5) is 8.78 Å². The van der Waals surface area contributed by atoms with Crippen LogP contribution in [0.25, 0.3) is 0 Å². The van der Waals surface area contributed by atoms with Gasteiger partial charge < -0.3 is 4.74 Å². The second-order valence-electron chi connectivity index (χ2n) is 4.86. The molecule has 0 saturated carbocycles. The zero-order chi connectivity index (χ0) is 15.4. The highest BCUT2D eigenvalue weighted by atomic mass is 35.5. The van der Waals surface area contributed by atoms with Crippen molar-refractivity contribution in [1.29, 1.82) is 0 Å². The Kier molecular flexibility index (Phi) is 5.17. The number of hydrogen-bond acceptors (Lipinski definition) is 2. The minimum atomic E-state index is -0.757. The predicted molar refractivity (Wildman–Crippen MR) is 77.5 cm³/mol. The highest BCUT2D eigenvalue weighted by molar-refractivity contribution is 6.17. The third-order valence-electron chi connectivity index (χ3n) is 3.28. The maximum Gasteiger partial charge on any atom is 0.191 e. The summed E-state index contributed by atoms with van der Waals surface area (Å²) in [6, 6.07) is 4.39. The molecule has 1 atom stereocenters. The first-order chi connectivity index (χ1) is 10.0. The molecule has 3 nitrogen and oxygen atoms in total. The first-order valence-corrected chi connectivity index (χ1v) is 7.29. The molecule has 0 spiro atoms. The van der Waals surface area contributed by atoms with Crippen molar-refractivity contribution in [2.45, 2.75) is 38.8 Å². The van der Waals surface area contributed by atoms with Crippen molar-refractivity contribution in [3.05, 3.63) is 47.3 Å². The fourth-order valence-corrected chi connectivity index (χ4v) is 2.01. The lowest BCUT2D eigenvalue weighted by Gasteiger charge is -2.09. The average Bonchev–Trinajstić information content (AvgIpc) is 2.94. The Morgan fingerprint density at radius 1 is 1.33 bits per heavy atom. The van der Waals surface area contributed by atoms with Crippen molar-refractivity contribution in [2.24, 2.45) is 0 Å². The number of hydrogen-bond donors (Lipinski definition) is 0. The van der Waals surface area contributed by atoms with Gasteiger partial charge in [-0.2, -0.15) is 5.10 Å². The number of alkyl halides is 1. The number of ether oxygens (including phenoxy) is 1. The van der Waals surface area contributed by atoms with Crippen molar-refractivity contribution in [3.63, 3.8) is 0 Å². The quantitative estimate of drug-likeness (QED) is 0.737. The first kappa shape index (κ1) is 15.8. The summed E-state index contributed by atoms with van der Waals surface area (Å²) < 4.78 is 34.5. The molecule has 0 amide bonds. The summed E-state index contributed by atoms with van der Waals surface area (Å²) in [6.45, 7) is 4.12. The Bertz CT molecular complexity index is 592. The van der Waals surface area contributed by atoms with E-state index < -0.39 is 17.4 Å². The van der Waals surface area contributed by atoms with Crippen LogP contribution >= 0.6 is 11.6 Å². The Labute approximate surface area is 127 Å². The number of nitrogens with zero attached hydrogens (tertiary/aromatic N) is 2. The normalized spacial score (nSPS) is 12.4. The van der Waals surface area contributed by atoms with Gasteiger partial charge in [-0.25, -0.2) is 8.78 Å². The molecule has 21 heavy (non-hydrogen) atoms. The fourth-order valence-electron chi connectivity index (χ4n) is 1.86. The lowest BCUT2D eigenvalue weighted by molar-refractivity contribution is 0.268. The summed E-state index contributed by atoms with van der Waals surface area (Å²) in [7, 11) is 0. The molecule has 1 aromatic heterocycles. The second kappa shape index (κ2) is 6.89. The molecule has 0 fully saturated rings. The minimum Gasteiger partial charge on any atom is -0.481 e. The van der Waals surface area contributed by atoms with Crippen LogP contribution < -0.4 is 4.74 Å². The van der Waals surface area contributed by atoms with Crippen molar-refractivity contribution in [2.75, 3.05) is 0 Å². The standard InChI is InChI=1S/C15H17ClF2N2O/c1-3-10(2)20-5-4-12(19-20)9-21-15-13(17)6-11(8-16)7-14(15)18/h4-7,10H,3,8-9H2,1-2H3. The zero-order valence-corrected chi connectivity index (χ0v) is 12.7. The van der Waals surface area contributed by atoms with Crippen LogP contribution in [0.15, 0.2) is 24.4 Å². The minimum absolute atomic E-state index is 0.0114. The van der Waals surface area contributed by atoms with E-state index in [0.29, 0.717) is 11.3 Å². The molecule has 0 aliphatic rings. The van der Waals surface area contributed by atoms with Crippen molar-refractivity contribution in [1.82, 2.24) is 9.78 Å². The largest absolute Gasteiger partial charge is 0.481 e. The second-order valence-corrected chi connectivity index (χ2v) is 5.12. The molecule has 2 rings (SSSR count). The maximum absolute atomic E-state index is 13.7. The van der Waals surface area contributed by atoms with Gasteiger partial charge in [-0.05, 0) is 37.1 Å². The SMILES string of the molecule is CCC(C)n1ccc(COc2c(F)cc(CCl)cc2F)n1. The van der Waals surface area contributed by atoms with Gasteiger partial charge in [0, 0.05) is 18.1 Å². The molecule has 0 saturated heterocycles. The van der Waals surface area contributed by atoms with Gasteiger partial charge >= 0.3 is 0 Å². The Morgan fingerprint density at radius 3 is 2.57 bits per heavy atom. The molecule has 2 aromatic rings. The Morgan fingerprint density at radius 2 is 2.00 bits per heavy atom. The highest BCUT2D eigenvalue weighted by Gasteiger charge is 2.13. The summed E-state index contributed by atoms with van der Waals surface area (Å²) >= 11 is 5.56. The molecule has 114 valence electrons. The van der Waals surface area contributed by atoms with Gasteiger partial charge in [-0.1, -0.05) is 6.92 Å². The van der Waals surface area contributed by atoms with Crippen LogP contribution in [0.1, 0.15) is 37.6 Å². The molecule has 0 aliphatic carbocycles. The Hall–Kier alpha value is -1.62. The summed E-state index contributed by atoms with van der Waals surface area (Å²) in [6.07, 6.45) is 2.78. The van der Waals surface area contributed by atoms with E-state index in [1.165, 1.54) is 12.1 Å².